The molecule has 0 fully saturated rings. The molecule has 0 heterocycles. The first-order valence-corrected chi connectivity index (χ1v) is 6.90. The highest BCUT2D eigenvalue weighted by atomic mass is 16.6. The number of hydrogen-bond donors (Lipinski definition) is 1. The lowest BCUT2D eigenvalue weighted by Gasteiger charge is -2.23. The minimum absolute atomic E-state index is 0.100. The van der Waals surface area contributed by atoms with Gasteiger partial charge >= 0.3 is 0 Å². The Morgan fingerprint density at radius 2 is 1.90 bits per heavy atom. The molecule has 2 rings (SSSR count). The van der Waals surface area contributed by atoms with Crippen LogP contribution < -0.4 is 10.2 Å². The van der Waals surface area contributed by atoms with E-state index in [4.69, 9.17) is 0 Å². The zero-order valence-electron chi connectivity index (χ0n) is 12.2. The van der Waals surface area contributed by atoms with E-state index in [0.29, 0.717) is 0 Å². The summed E-state index contributed by atoms with van der Waals surface area (Å²) in [6, 6.07) is 15.2. The molecule has 0 aliphatic rings. The number of anilines is 2. The number of hydrogen-bond acceptors (Lipinski definition) is 4. The largest absolute Gasteiger partial charge is 0.388 e. The van der Waals surface area contributed by atoms with E-state index in [-0.39, 0.29) is 10.6 Å². The molecule has 0 aliphatic carbocycles. The summed E-state index contributed by atoms with van der Waals surface area (Å²) in [7, 11) is 1.76. The number of nitrogens with zero attached hydrogens (tertiary/aromatic N) is 2. The molecule has 21 heavy (non-hydrogen) atoms. The van der Waals surface area contributed by atoms with Crippen molar-refractivity contribution in [3.63, 3.8) is 0 Å². The molecule has 2 aromatic carbocycles. The van der Waals surface area contributed by atoms with E-state index in [0.717, 1.165) is 24.5 Å². The van der Waals surface area contributed by atoms with E-state index in [1.807, 2.05) is 31.2 Å². The summed E-state index contributed by atoms with van der Waals surface area (Å²) in [5.41, 5.74) is 2.87. The average Bonchev–Trinajstić information content (AvgIpc) is 2.53. The fourth-order valence-corrected chi connectivity index (χ4v) is 2.22. The van der Waals surface area contributed by atoms with Crippen molar-refractivity contribution in [3.05, 3.63) is 64.2 Å². The summed E-state index contributed by atoms with van der Waals surface area (Å²) in [5, 5.41) is 14.0. The molecule has 0 aromatic heterocycles. The van der Waals surface area contributed by atoms with Crippen molar-refractivity contribution >= 4 is 17.1 Å². The molecule has 0 atom stereocenters. The Balaban J connectivity index is 2.32. The number of rotatable bonds is 6. The summed E-state index contributed by atoms with van der Waals surface area (Å²) in [6.07, 6.45) is 0. The molecule has 2 aromatic rings. The van der Waals surface area contributed by atoms with Crippen LogP contribution in [0.4, 0.5) is 17.1 Å². The number of nitro groups is 1. The quantitative estimate of drug-likeness (QED) is 0.650. The van der Waals surface area contributed by atoms with Crippen molar-refractivity contribution < 1.29 is 4.92 Å². The number of non-ortho nitro benzene ring substituents is 1. The van der Waals surface area contributed by atoms with Crippen LogP contribution in [0.1, 0.15) is 12.5 Å². The van der Waals surface area contributed by atoms with E-state index in [1.54, 1.807) is 19.2 Å². The Hall–Kier alpha value is -2.56. The molecule has 5 nitrogen and oxygen atoms in total. The molecular formula is C16H19N3O2. The van der Waals surface area contributed by atoms with Crippen LogP contribution in [0.5, 0.6) is 0 Å². The molecule has 0 radical (unpaired) electrons. The lowest BCUT2D eigenvalue weighted by molar-refractivity contribution is -0.384. The minimum atomic E-state index is -0.360. The molecule has 0 amide bonds. The van der Waals surface area contributed by atoms with Gasteiger partial charge in [0, 0.05) is 43.6 Å². The minimum Gasteiger partial charge on any atom is -0.388 e. The Morgan fingerprint density at radius 1 is 1.19 bits per heavy atom. The van der Waals surface area contributed by atoms with Gasteiger partial charge in [0.2, 0.25) is 0 Å². The SMILES string of the molecule is CCN(Cc1ccccc1)c1cc(NC)cc([N+](=O)[O-])c1. The van der Waals surface area contributed by atoms with E-state index in [2.05, 4.69) is 22.3 Å². The first kappa shape index (κ1) is 14.8. The summed E-state index contributed by atoms with van der Waals surface area (Å²) in [6.45, 7) is 3.54. The number of benzene rings is 2. The maximum absolute atomic E-state index is 11.0. The first-order chi connectivity index (χ1) is 10.1. The summed E-state index contributed by atoms with van der Waals surface area (Å²) >= 11 is 0. The molecule has 0 saturated heterocycles. The van der Waals surface area contributed by atoms with Gasteiger partial charge in [0.25, 0.3) is 5.69 Å². The third kappa shape index (κ3) is 3.72. The van der Waals surface area contributed by atoms with Crippen LogP contribution in [0, 0.1) is 10.1 Å². The fraction of sp³-hybridized carbons (Fsp3) is 0.250. The van der Waals surface area contributed by atoms with Gasteiger partial charge in [0.05, 0.1) is 4.92 Å². The second-order valence-corrected chi connectivity index (χ2v) is 4.74. The number of nitrogens with one attached hydrogen (secondary N) is 1. The Bertz CT molecular complexity index is 614. The lowest BCUT2D eigenvalue weighted by Crippen LogP contribution is -2.22. The molecule has 110 valence electrons. The van der Waals surface area contributed by atoms with Gasteiger partial charge in [-0.15, -0.1) is 0 Å². The topological polar surface area (TPSA) is 58.4 Å². The molecule has 0 unspecified atom stereocenters. The highest BCUT2D eigenvalue weighted by Gasteiger charge is 2.13. The molecule has 0 saturated carbocycles. The second-order valence-electron chi connectivity index (χ2n) is 4.74. The van der Waals surface area contributed by atoms with Gasteiger partial charge in [-0.25, -0.2) is 0 Å². The van der Waals surface area contributed by atoms with Crippen LogP contribution in [-0.4, -0.2) is 18.5 Å². The standard InChI is InChI=1S/C16H19N3O2/c1-3-18(12-13-7-5-4-6-8-13)15-9-14(17-2)10-16(11-15)19(20)21/h4-11,17H,3,12H2,1-2H3. The van der Waals surface area contributed by atoms with E-state index < -0.39 is 0 Å². The monoisotopic (exact) mass is 285 g/mol. The highest BCUT2D eigenvalue weighted by molar-refractivity contribution is 5.64. The molecular weight excluding hydrogens is 266 g/mol. The van der Waals surface area contributed by atoms with Crippen molar-refractivity contribution in [2.24, 2.45) is 0 Å². The summed E-state index contributed by atoms with van der Waals surface area (Å²) in [5.74, 6) is 0. The normalized spacial score (nSPS) is 10.2. The second kappa shape index (κ2) is 6.74. The third-order valence-corrected chi connectivity index (χ3v) is 3.37. The highest BCUT2D eigenvalue weighted by Crippen LogP contribution is 2.27. The van der Waals surface area contributed by atoms with Gasteiger partial charge in [0.15, 0.2) is 0 Å². The van der Waals surface area contributed by atoms with Gasteiger partial charge in [0.1, 0.15) is 0 Å². The van der Waals surface area contributed by atoms with Crippen molar-refractivity contribution in [2.75, 3.05) is 23.8 Å². The van der Waals surface area contributed by atoms with Crippen LogP contribution in [0.25, 0.3) is 0 Å². The Morgan fingerprint density at radius 3 is 2.48 bits per heavy atom. The van der Waals surface area contributed by atoms with Crippen molar-refractivity contribution in [2.45, 2.75) is 13.5 Å². The zero-order chi connectivity index (χ0) is 15.2. The predicted molar refractivity (Wildman–Crippen MR) is 85.8 cm³/mol. The Kier molecular flexibility index (Phi) is 4.77. The van der Waals surface area contributed by atoms with Crippen molar-refractivity contribution in [1.82, 2.24) is 0 Å². The van der Waals surface area contributed by atoms with E-state index >= 15 is 0 Å². The molecule has 0 aliphatic heterocycles. The average molecular weight is 285 g/mol. The fourth-order valence-electron chi connectivity index (χ4n) is 2.22. The first-order valence-electron chi connectivity index (χ1n) is 6.90. The zero-order valence-corrected chi connectivity index (χ0v) is 12.2. The van der Waals surface area contributed by atoms with Gasteiger partial charge in [-0.3, -0.25) is 10.1 Å². The van der Waals surface area contributed by atoms with Crippen LogP contribution >= 0.6 is 0 Å². The van der Waals surface area contributed by atoms with Crippen molar-refractivity contribution in [1.29, 1.82) is 0 Å². The van der Waals surface area contributed by atoms with Gasteiger partial charge in [-0.2, -0.15) is 0 Å². The molecule has 5 heteroatoms. The van der Waals surface area contributed by atoms with Crippen LogP contribution in [-0.2, 0) is 6.54 Å². The molecule has 1 N–H and O–H groups in total. The molecule has 0 bridgehead atoms. The predicted octanol–water partition coefficient (Wildman–Crippen LogP) is 3.66. The van der Waals surface area contributed by atoms with E-state index in [1.165, 1.54) is 5.56 Å². The third-order valence-electron chi connectivity index (χ3n) is 3.37. The van der Waals surface area contributed by atoms with Gasteiger partial charge < -0.3 is 10.2 Å². The van der Waals surface area contributed by atoms with Crippen LogP contribution in [0.3, 0.4) is 0 Å². The van der Waals surface area contributed by atoms with Crippen LogP contribution in [0.15, 0.2) is 48.5 Å². The smallest absolute Gasteiger partial charge is 0.273 e. The molecule has 0 spiro atoms. The maximum Gasteiger partial charge on any atom is 0.273 e. The lowest BCUT2D eigenvalue weighted by atomic mass is 10.1. The van der Waals surface area contributed by atoms with Gasteiger partial charge in [-0.1, -0.05) is 30.3 Å². The van der Waals surface area contributed by atoms with Gasteiger partial charge in [-0.05, 0) is 18.6 Å². The Labute approximate surface area is 124 Å². The van der Waals surface area contributed by atoms with Crippen LogP contribution in [0.2, 0.25) is 0 Å². The summed E-state index contributed by atoms with van der Waals surface area (Å²) in [4.78, 5) is 12.8. The van der Waals surface area contributed by atoms with E-state index in [9.17, 15) is 10.1 Å². The summed E-state index contributed by atoms with van der Waals surface area (Å²) < 4.78 is 0. The van der Waals surface area contributed by atoms with Crippen molar-refractivity contribution in [3.8, 4) is 0 Å². The maximum atomic E-state index is 11.0. The number of nitro benzene ring substituents is 1.